The van der Waals surface area contributed by atoms with Crippen LogP contribution < -0.4 is 5.32 Å². The first-order valence-electron chi connectivity index (χ1n) is 7.01. The third kappa shape index (κ3) is 4.65. The fraction of sp³-hybridized carbons (Fsp3) is 0.375. The van der Waals surface area contributed by atoms with Crippen LogP contribution in [0.4, 0.5) is 0 Å². The van der Waals surface area contributed by atoms with E-state index in [0.717, 1.165) is 10.6 Å². The van der Waals surface area contributed by atoms with Crippen molar-refractivity contribution in [2.45, 2.75) is 38.8 Å². The zero-order valence-electron chi connectivity index (χ0n) is 12.2. The van der Waals surface area contributed by atoms with Gasteiger partial charge in [0.15, 0.2) is 0 Å². The van der Waals surface area contributed by atoms with Gasteiger partial charge in [0.1, 0.15) is 11.0 Å². The number of thiazole rings is 1. The van der Waals surface area contributed by atoms with Gasteiger partial charge >= 0.3 is 5.97 Å². The van der Waals surface area contributed by atoms with Crippen molar-refractivity contribution in [1.29, 1.82) is 0 Å². The Morgan fingerprint density at radius 3 is 2.62 bits per heavy atom. The number of hydrogen-bond acceptors (Lipinski definition) is 4. The Morgan fingerprint density at radius 1 is 1.33 bits per heavy atom. The maximum absolute atomic E-state index is 11.4. The number of aromatic nitrogens is 1. The van der Waals surface area contributed by atoms with Gasteiger partial charge in [-0.1, -0.05) is 44.2 Å². The number of rotatable bonds is 7. The van der Waals surface area contributed by atoms with E-state index < -0.39 is 12.0 Å². The Balaban J connectivity index is 1.95. The molecule has 1 aromatic heterocycles. The van der Waals surface area contributed by atoms with Crippen LogP contribution in [0, 0.1) is 0 Å². The molecule has 0 aliphatic carbocycles. The highest BCUT2D eigenvalue weighted by molar-refractivity contribution is 7.11. The molecule has 2 aromatic rings. The third-order valence-corrected chi connectivity index (χ3v) is 4.52. The van der Waals surface area contributed by atoms with Gasteiger partial charge < -0.3 is 5.11 Å². The number of nitrogens with one attached hydrogen (secondary N) is 1. The molecular weight excluding hydrogens is 284 g/mol. The van der Waals surface area contributed by atoms with E-state index in [1.54, 1.807) is 11.3 Å². The molecule has 112 valence electrons. The molecule has 0 radical (unpaired) electrons. The zero-order valence-corrected chi connectivity index (χ0v) is 13.1. The van der Waals surface area contributed by atoms with Crippen LogP contribution in [-0.4, -0.2) is 22.1 Å². The lowest BCUT2D eigenvalue weighted by molar-refractivity contribution is -0.139. The summed E-state index contributed by atoms with van der Waals surface area (Å²) in [5, 5.41) is 13.3. The Morgan fingerprint density at radius 2 is 2.05 bits per heavy atom. The lowest BCUT2D eigenvalue weighted by atomic mass is 10.1. The molecule has 0 fully saturated rings. The van der Waals surface area contributed by atoms with Crippen molar-refractivity contribution < 1.29 is 9.90 Å². The normalized spacial score (nSPS) is 12.5. The molecule has 0 spiro atoms. The van der Waals surface area contributed by atoms with E-state index in [1.807, 2.05) is 36.5 Å². The van der Waals surface area contributed by atoms with Crippen molar-refractivity contribution in [2.75, 3.05) is 0 Å². The second kappa shape index (κ2) is 7.33. The fourth-order valence-electron chi connectivity index (χ4n) is 1.98. The van der Waals surface area contributed by atoms with Crippen LogP contribution in [0.5, 0.6) is 0 Å². The summed E-state index contributed by atoms with van der Waals surface area (Å²) in [6.45, 7) is 4.74. The lowest BCUT2D eigenvalue weighted by Crippen LogP contribution is -2.38. The predicted octanol–water partition coefficient (Wildman–Crippen LogP) is 3.05. The molecule has 1 atom stereocenters. The molecule has 0 aliphatic heterocycles. The molecule has 1 aromatic carbocycles. The van der Waals surface area contributed by atoms with Crippen LogP contribution in [-0.2, 0) is 17.8 Å². The van der Waals surface area contributed by atoms with E-state index in [1.165, 1.54) is 4.88 Å². The summed E-state index contributed by atoms with van der Waals surface area (Å²) in [6, 6.07) is 9.05. The number of carboxylic acid groups (broad SMARTS) is 1. The highest BCUT2D eigenvalue weighted by Crippen LogP contribution is 2.21. The number of benzene rings is 1. The summed E-state index contributed by atoms with van der Waals surface area (Å²) in [4.78, 5) is 16.9. The van der Waals surface area contributed by atoms with Crippen molar-refractivity contribution in [3.05, 3.63) is 52.0 Å². The molecule has 1 heterocycles. The number of carboxylic acids is 1. The van der Waals surface area contributed by atoms with Gasteiger partial charge in [0.25, 0.3) is 0 Å². The highest BCUT2D eigenvalue weighted by Gasteiger charge is 2.18. The molecular formula is C16H20N2O2S. The Hall–Kier alpha value is -1.72. The number of hydrogen-bond donors (Lipinski definition) is 2. The van der Waals surface area contributed by atoms with E-state index in [-0.39, 0.29) is 0 Å². The monoisotopic (exact) mass is 304 g/mol. The van der Waals surface area contributed by atoms with Gasteiger partial charge in [-0.15, -0.1) is 11.3 Å². The van der Waals surface area contributed by atoms with Gasteiger partial charge in [0.05, 0.1) is 0 Å². The quantitative estimate of drug-likeness (QED) is 0.825. The molecule has 2 N–H and O–H groups in total. The van der Waals surface area contributed by atoms with Crippen LogP contribution >= 0.6 is 11.3 Å². The summed E-state index contributed by atoms with van der Waals surface area (Å²) < 4.78 is 0. The zero-order chi connectivity index (χ0) is 15.2. The first kappa shape index (κ1) is 15.7. The lowest BCUT2D eigenvalue weighted by Gasteiger charge is -2.13. The summed E-state index contributed by atoms with van der Waals surface area (Å²) >= 11 is 1.63. The Labute approximate surface area is 128 Å². The molecule has 0 saturated heterocycles. The molecule has 0 unspecified atom stereocenters. The maximum atomic E-state index is 11.4. The molecule has 0 amide bonds. The second-order valence-electron chi connectivity index (χ2n) is 5.27. The van der Waals surface area contributed by atoms with Crippen molar-refractivity contribution >= 4 is 17.3 Å². The number of nitrogens with zero attached hydrogens (tertiary/aromatic N) is 1. The van der Waals surface area contributed by atoms with Crippen molar-refractivity contribution in [3.63, 3.8) is 0 Å². The van der Waals surface area contributed by atoms with E-state index >= 15 is 0 Å². The minimum absolute atomic E-state index is 0.454. The standard InChI is InChI=1S/C16H20N2O2S/c1-11(2)14-9-18-15(21-14)10-17-13(16(19)20)8-12-6-4-3-5-7-12/h3-7,9,11,13,17H,8,10H2,1-2H3,(H,19,20)/t13-/m0/s1. The minimum atomic E-state index is -0.834. The van der Waals surface area contributed by atoms with Gasteiger partial charge in [0.2, 0.25) is 0 Å². The van der Waals surface area contributed by atoms with Crippen LogP contribution in [0.2, 0.25) is 0 Å². The fourth-order valence-corrected chi connectivity index (χ4v) is 2.85. The SMILES string of the molecule is CC(C)c1cnc(CN[C@@H](Cc2ccccc2)C(=O)O)s1. The maximum Gasteiger partial charge on any atom is 0.321 e. The average Bonchev–Trinajstić information content (AvgIpc) is 2.93. The minimum Gasteiger partial charge on any atom is -0.480 e. The topological polar surface area (TPSA) is 62.2 Å². The van der Waals surface area contributed by atoms with Gasteiger partial charge in [-0.25, -0.2) is 4.98 Å². The van der Waals surface area contributed by atoms with Gasteiger partial charge in [-0.05, 0) is 17.9 Å². The van der Waals surface area contributed by atoms with Gasteiger partial charge in [0, 0.05) is 17.6 Å². The molecule has 0 saturated carbocycles. The third-order valence-electron chi connectivity index (χ3n) is 3.22. The average molecular weight is 304 g/mol. The molecule has 0 aliphatic rings. The first-order chi connectivity index (χ1) is 10.1. The van der Waals surface area contributed by atoms with E-state index in [2.05, 4.69) is 24.1 Å². The van der Waals surface area contributed by atoms with E-state index in [0.29, 0.717) is 18.9 Å². The molecule has 2 rings (SSSR count). The second-order valence-corrected chi connectivity index (χ2v) is 6.42. The van der Waals surface area contributed by atoms with Gasteiger partial charge in [-0.2, -0.15) is 0 Å². The highest BCUT2D eigenvalue weighted by atomic mass is 32.1. The van der Waals surface area contributed by atoms with E-state index in [9.17, 15) is 9.90 Å². The van der Waals surface area contributed by atoms with Crippen molar-refractivity contribution in [2.24, 2.45) is 0 Å². The van der Waals surface area contributed by atoms with Crippen LogP contribution in [0.1, 0.15) is 35.2 Å². The van der Waals surface area contributed by atoms with Crippen LogP contribution in [0.25, 0.3) is 0 Å². The summed E-state index contributed by atoms with van der Waals surface area (Å²) in [5.41, 5.74) is 1.01. The summed E-state index contributed by atoms with van der Waals surface area (Å²) in [7, 11) is 0. The summed E-state index contributed by atoms with van der Waals surface area (Å²) in [5.74, 6) is -0.379. The molecule has 4 nitrogen and oxygen atoms in total. The Bertz CT molecular complexity index is 581. The largest absolute Gasteiger partial charge is 0.480 e. The molecule has 0 bridgehead atoms. The van der Waals surface area contributed by atoms with Crippen LogP contribution in [0.15, 0.2) is 36.5 Å². The van der Waals surface area contributed by atoms with Gasteiger partial charge in [-0.3, -0.25) is 10.1 Å². The summed E-state index contributed by atoms with van der Waals surface area (Å²) in [6.07, 6.45) is 2.35. The molecule has 5 heteroatoms. The van der Waals surface area contributed by atoms with Crippen molar-refractivity contribution in [1.82, 2.24) is 10.3 Å². The van der Waals surface area contributed by atoms with Crippen LogP contribution in [0.3, 0.4) is 0 Å². The smallest absolute Gasteiger partial charge is 0.321 e. The van der Waals surface area contributed by atoms with E-state index in [4.69, 9.17) is 0 Å². The number of carbonyl (C=O) groups is 1. The number of aliphatic carboxylic acids is 1. The first-order valence-corrected chi connectivity index (χ1v) is 7.82. The molecule has 21 heavy (non-hydrogen) atoms. The predicted molar refractivity (Wildman–Crippen MR) is 84.6 cm³/mol. The van der Waals surface area contributed by atoms with Crippen molar-refractivity contribution in [3.8, 4) is 0 Å². The Kier molecular flexibility index (Phi) is 5.47.